The minimum atomic E-state index is -0.849. The first-order valence-corrected chi connectivity index (χ1v) is 10.2. The summed E-state index contributed by atoms with van der Waals surface area (Å²) in [5, 5.41) is 17.7. The van der Waals surface area contributed by atoms with Gasteiger partial charge in [-0.15, -0.1) is 5.10 Å². The van der Waals surface area contributed by atoms with Gasteiger partial charge in [-0.3, -0.25) is 19.7 Å². The number of nitrogens with zero attached hydrogens (tertiary/aromatic N) is 3. The van der Waals surface area contributed by atoms with Crippen molar-refractivity contribution in [2.45, 2.75) is 25.4 Å². The minimum Gasteiger partial charge on any atom is -0.358 e. The number of halogens is 1. The topological polar surface area (TPSA) is 118 Å². The second kappa shape index (κ2) is 8.78. The molecule has 0 bridgehead atoms. The molecule has 158 valence electrons. The fourth-order valence-corrected chi connectivity index (χ4v) is 3.63. The van der Waals surface area contributed by atoms with E-state index in [1.54, 1.807) is 30.3 Å². The molecule has 4 rings (SSSR count). The summed E-state index contributed by atoms with van der Waals surface area (Å²) >= 11 is 11.3. The Balaban J connectivity index is 1.47. The van der Waals surface area contributed by atoms with Gasteiger partial charge in [0.2, 0.25) is 5.91 Å². The van der Waals surface area contributed by atoms with Crippen molar-refractivity contribution in [3.63, 3.8) is 0 Å². The number of hydrogen-bond donors (Lipinski definition) is 3. The maximum Gasteiger partial charge on any atom is 0.278 e. The fraction of sp³-hybridized carbons (Fsp3) is 0.200. The van der Waals surface area contributed by atoms with Crippen molar-refractivity contribution < 1.29 is 9.59 Å². The lowest BCUT2D eigenvalue weighted by molar-refractivity contribution is -0.136. The second-order valence-corrected chi connectivity index (χ2v) is 7.82. The SMILES string of the molecule is O=C1CCC(n2nnc3cc(CNC(=S)Nc4cccc(Cl)c4)ccc3c2=O)C(=O)N1. The zero-order valence-electron chi connectivity index (χ0n) is 16.1. The number of nitrogens with one attached hydrogen (secondary N) is 3. The molecular formula is C20H17ClN6O3S. The highest BCUT2D eigenvalue weighted by atomic mass is 35.5. The lowest BCUT2D eigenvalue weighted by atomic mass is 10.1. The van der Waals surface area contributed by atoms with Gasteiger partial charge in [-0.2, -0.15) is 4.68 Å². The Labute approximate surface area is 186 Å². The van der Waals surface area contributed by atoms with E-state index in [9.17, 15) is 14.4 Å². The van der Waals surface area contributed by atoms with Crippen molar-refractivity contribution in [2.75, 3.05) is 5.32 Å². The van der Waals surface area contributed by atoms with E-state index in [1.165, 1.54) is 0 Å². The maximum absolute atomic E-state index is 12.8. The molecule has 1 aliphatic heterocycles. The van der Waals surface area contributed by atoms with E-state index in [0.29, 0.717) is 27.6 Å². The number of hydrogen-bond acceptors (Lipinski definition) is 6. The van der Waals surface area contributed by atoms with Crippen molar-refractivity contribution in [1.29, 1.82) is 0 Å². The van der Waals surface area contributed by atoms with Gasteiger partial charge in [0.05, 0.1) is 5.39 Å². The molecule has 2 amide bonds. The van der Waals surface area contributed by atoms with Crippen LogP contribution in [0, 0.1) is 0 Å². The van der Waals surface area contributed by atoms with Crippen molar-refractivity contribution in [3.8, 4) is 0 Å². The molecular weight excluding hydrogens is 440 g/mol. The van der Waals surface area contributed by atoms with E-state index >= 15 is 0 Å². The largest absolute Gasteiger partial charge is 0.358 e. The summed E-state index contributed by atoms with van der Waals surface area (Å²) in [6, 6.07) is 11.5. The predicted molar refractivity (Wildman–Crippen MR) is 120 cm³/mol. The van der Waals surface area contributed by atoms with Crippen LogP contribution in [-0.4, -0.2) is 31.9 Å². The van der Waals surface area contributed by atoms with Gasteiger partial charge >= 0.3 is 0 Å². The van der Waals surface area contributed by atoms with E-state index in [2.05, 4.69) is 26.3 Å². The third-order valence-corrected chi connectivity index (χ3v) is 5.27. The van der Waals surface area contributed by atoms with Crippen molar-refractivity contribution in [3.05, 3.63) is 63.4 Å². The number of aromatic nitrogens is 3. The van der Waals surface area contributed by atoms with Gasteiger partial charge in [-0.25, -0.2) is 0 Å². The van der Waals surface area contributed by atoms with Gasteiger partial charge in [0.1, 0.15) is 11.6 Å². The molecule has 3 aromatic rings. The molecule has 0 saturated carbocycles. The van der Waals surface area contributed by atoms with Crippen LogP contribution in [0.5, 0.6) is 0 Å². The standard InChI is InChI=1S/C20H17ClN6O3S/c21-12-2-1-3-13(9-12)23-20(31)22-10-11-4-5-14-15(8-11)25-26-27(19(14)30)16-6-7-17(28)24-18(16)29/h1-5,8-9,16H,6-7,10H2,(H2,22,23,31)(H,24,28,29). The van der Waals surface area contributed by atoms with Gasteiger partial charge in [0.15, 0.2) is 5.11 Å². The number of carbonyl (C=O) groups is 2. The lowest BCUT2D eigenvalue weighted by Gasteiger charge is -2.21. The number of piperidine rings is 1. The van der Waals surface area contributed by atoms with Crippen LogP contribution in [0.15, 0.2) is 47.3 Å². The normalized spacial score (nSPS) is 16.1. The van der Waals surface area contributed by atoms with Gasteiger partial charge in [0.25, 0.3) is 11.5 Å². The Morgan fingerprint density at radius 1 is 1.23 bits per heavy atom. The Morgan fingerprint density at radius 2 is 2.06 bits per heavy atom. The third-order valence-electron chi connectivity index (χ3n) is 4.79. The molecule has 0 aliphatic carbocycles. The molecule has 1 fully saturated rings. The summed E-state index contributed by atoms with van der Waals surface area (Å²) < 4.78 is 1.03. The summed E-state index contributed by atoms with van der Waals surface area (Å²) in [5.74, 6) is -0.906. The molecule has 2 heterocycles. The van der Waals surface area contributed by atoms with Crippen LogP contribution in [0.25, 0.3) is 10.9 Å². The summed E-state index contributed by atoms with van der Waals surface area (Å²) in [6.07, 6.45) is 0.361. The molecule has 1 aromatic heterocycles. The quantitative estimate of drug-likeness (QED) is 0.402. The van der Waals surface area contributed by atoms with Crippen LogP contribution in [0.3, 0.4) is 0 Å². The number of thiocarbonyl (C=S) groups is 1. The highest BCUT2D eigenvalue weighted by molar-refractivity contribution is 7.80. The first-order valence-electron chi connectivity index (χ1n) is 9.43. The van der Waals surface area contributed by atoms with E-state index in [4.69, 9.17) is 23.8 Å². The zero-order chi connectivity index (χ0) is 22.0. The highest BCUT2D eigenvalue weighted by Crippen LogP contribution is 2.17. The number of benzene rings is 2. The third kappa shape index (κ3) is 4.70. The molecule has 1 aliphatic rings. The summed E-state index contributed by atoms with van der Waals surface area (Å²) in [7, 11) is 0. The molecule has 1 saturated heterocycles. The molecule has 0 radical (unpaired) electrons. The van der Waals surface area contributed by atoms with Crippen LogP contribution in [0.1, 0.15) is 24.4 Å². The van der Waals surface area contributed by atoms with Crippen LogP contribution >= 0.6 is 23.8 Å². The number of imide groups is 1. The number of fused-ring (bicyclic) bond motifs is 1. The van der Waals surface area contributed by atoms with Crippen LogP contribution in [0.4, 0.5) is 5.69 Å². The Bertz CT molecular complexity index is 1260. The van der Waals surface area contributed by atoms with E-state index in [0.717, 1.165) is 15.9 Å². The second-order valence-electron chi connectivity index (χ2n) is 6.98. The van der Waals surface area contributed by atoms with Crippen molar-refractivity contribution in [2.24, 2.45) is 0 Å². The molecule has 9 nitrogen and oxygen atoms in total. The highest BCUT2D eigenvalue weighted by Gasteiger charge is 2.30. The number of rotatable bonds is 4. The monoisotopic (exact) mass is 456 g/mol. The molecule has 2 aromatic carbocycles. The van der Waals surface area contributed by atoms with Gasteiger partial charge in [-0.05, 0) is 54.5 Å². The lowest BCUT2D eigenvalue weighted by Crippen LogP contribution is -2.45. The van der Waals surface area contributed by atoms with Gasteiger partial charge in [-0.1, -0.05) is 28.9 Å². The van der Waals surface area contributed by atoms with Crippen LogP contribution in [0.2, 0.25) is 5.02 Å². The zero-order valence-corrected chi connectivity index (χ0v) is 17.7. The Kier molecular flexibility index (Phi) is 5.92. The summed E-state index contributed by atoms with van der Waals surface area (Å²) in [4.78, 5) is 36.2. The van der Waals surface area contributed by atoms with E-state index in [1.807, 2.05) is 12.1 Å². The average Bonchev–Trinajstić information content (AvgIpc) is 2.73. The van der Waals surface area contributed by atoms with E-state index in [-0.39, 0.29) is 18.7 Å². The van der Waals surface area contributed by atoms with E-state index < -0.39 is 17.5 Å². The molecule has 0 spiro atoms. The minimum absolute atomic E-state index is 0.149. The first kappa shape index (κ1) is 20.9. The summed E-state index contributed by atoms with van der Waals surface area (Å²) in [6.45, 7) is 0.403. The molecule has 1 atom stereocenters. The predicted octanol–water partition coefficient (Wildman–Crippen LogP) is 1.91. The maximum atomic E-state index is 12.8. The summed E-state index contributed by atoms with van der Waals surface area (Å²) in [5.41, 5.74) is 1.58. The molecule has 11 heteroatoms. The number of amides is 2. The first-order chi connectivity index (χ1) is 14.9. The van der Waals surface area contributed by atoms with Gasteiger partial charge < -0.3 is 10.6 Å². The van der Waals surface area contributed by atoms with Crippen LogP contribution in [-0.2, 0) is 16.1 Å². The Hall–Kier alpha value is -3.37. The number of anilines is 1. The van der Waals surface area contributed by atoms with Crippen LogP contribution < -0.4 is 21.5 Å². The number of carbonyl (C=O) groups excluding carboxylic acids is 2. The van der Waals surface area contributed by atoms with Crippen molar-refractivity contribution in [1.82, 2.24) is 25.6 Å². The van der Waals surface area contributed by atoms with Crippen molar-refractivity contribution >= 4 is 57.3 Å². The molecule has 1 unspecified atom stereocenters. The smallest absolute Gasteiger partial charge is 0.278 e. The molecule has 3 N–H and O–H groups in total. The average molecular weight is 457 g/mol. The van der Waals surface area contributed by atoms with Gasteiger partial charge in [0, 0.05) is 23.7 Å². The molecule has 31 heavy (non-hydrogen) atoms. The Morgan fingerprint density at radius 3 is 2.84 bits per heavy atom. The fourth-order valence-electron chi connectivity index (χ4n) is 3.25.